The molecule has 0 radical (unpaired) electrons. The molecule has 2 N–H and O–H groups in total. The Morgan fingerprint density at radius 3 is 1.77 bits per heavy atom. The Bertz CT molecular complexity index is 280. The Morgan fingerprint density at radius 2 is 1.32 bits per heavy atom. The van der Waals surface area contributed by atoms with Crippen molar-refractivity contribution in [3.8, 4) is 0 Å². The molecule has 1 unspecified atom stereocenters. The van der Waals surface area contributed by atoms with Crippen molar-refractivity contribution in [3.05, 3.63) is 0 Å². The van der Waals surface area contributed by atoms with E-state index in [2.05, 4.69) is 18.4 Å². The van der Waals surface area contributed by atoms with Crippen molar-refractivity contribution in [2.24, 2.45) is 5.92 Å². The molecule has 0 rings (SSSR count). The molecule has 0 amide bonds. The molecule has 0 fully saturated rings. The van der Waals surface area contributed by atoms with Gasteiger partial charge in [0, 0.05) is 13.2 Å². The van der Waals surface area contributed by atoms with Crippen molar-refractivity contribution in [1.82, 2.24) is 0 Å². The first-order valence-corrected chi connectivity index (χ1v) is 10.3. The van der Waals surface area contributed by atoms with Gasteiger partial charge in [0.25, 0.3) is 0 Å². The lowest BCUT2D eigenvalue weighted by atomic mass is 10.1. The number of phosphoric acid groups is 1. The van der Waals surface area contributed by atoms with Crippen molar-refractivity contribution >= 4 is 7.82 Å². The monoisotopic (exact) mass is 338 g/mol. The minimum atomic E-state index is -4.27. The number of phosphoric ester groups is 1. The van der Waals surface area contributed by atoms with Crippen LogP contribution in [0.15, 0.2) is 0 Å². The van der Waals surface area contributed by atoms with Crippen molar-refractivity contribution in [2.75, 3.05) is 19.8 Å². The lowest BCUT2D eigenvalue weighted by Gasteiger charge is -2.09. The van der Waals surface area contributed by atoms with Crippen molar-refractivity contribution in [3.63, 3.8) is 0 Å². The van der Waals surface area contributed by atoms with E-state index in [0.717, 1.165) is 38.9 Å². The zero-order valence-corrected chi connectivity index (χ0v) is 15.2. The summed E-state index contributed by atoms with van der Waals surface area (Å²) in [6.07, 6.45) is 11.4. The Hall–Kier alpha value is 0.0700. The largest absolute Gasteiger partial charge is 0.469 e. The van der Waals surface area contributed by atoms with E-state index in [1.165, 1.54) is 38.5 Å². The van der Waals surface area contributed by atoms with Gasteiger partial charge in [-0.3, -0.25) is 4.52 Å². The number of unbranched alkanes of at least 4 members (excludes halogenated alkanes) is 8. The van der Waals surface area contributed by atoms with E-state index in [1.54, 1.807) is 0 Å². The molecule has 22 heavy (non-hydrogen) atoms. The van der Waals surface area contributed by atoms with E-state index < -0.39 is 7.82 Å². The van der Waals surface area contributed by atoms with Gasteiger partial charge in [0.05, 0.1) is 6.61 Å². The Labute approximate surface area is 136 Å². The van der Waals surface area contributed by atoms with Gasteiger partial charge in [-0.05, 0) is 18.8 Å². The van der Waals surface area contributed by atoms with E-state index in [-0.39, 0.29) is 6.61 Å². The molecule has 0 saturated carbocycles. The summed E-state index contributed by atoms with van der Waals surface area (Å²) in [5.41, 5.74) is 0. The van der Waals surface area contributed by atoms with Gasteiger partial charge in [-0.1, -0.05) is 65.2 Å². The molecule has 0 spiro atoms. The molecule has 134 valence electrons. The third-order valence-corrected chi connectivity index (χ3v) is 4.31. The predicted molar refractivity (Wildman–Crippen MR) is 89.8 cm³/mol. The van der Waals surface area contributed by atoms with Crippen LogP contribution in [-0.2, 0) is 13.8 Å². The van der Waals surface area contributed by atoms with E-state index >= 15 is 0 Å². The number of hydrogen-bond donors (Lipinski definition) is 2. The molecule has 5 nitrogen and oxygen atoms in total. The third-order valence-electron chi connectivity index (χ3n) is 3.79. The summed E-state index contributed by atoms with van der Waals surface area (Å²) < 4.78 is 20.5. The van der Waals surface area contributed by atoms with Crippen molar-refractivity contribution in [1.29, 1.82) is 0 Å². The lowest BCUT2D eigenvalue weighted by molar-refractivity contribution is 0.100. The second kappa shape index (κ2) is 14.6. The zero-order chi connectivity index (χ0) is 16.7. The average Bonchev–Trinajstić information content (AvgIpc) is 2.46. The maximum Gasteiger partial charge on any atom is 0.469 e. The molecular weight excluding hydrogens is 303 g/mol. The summed E-state index contributed by atoms with van der Waals surface area (Å²) in [5.74, 6) is 0.673. The van der Waals surface area contributed by atoms with E-state index in [1.807, 2.05) is 0 Å². The Balaban J connectivity index is 3.07. The highest BCUT2D eigenvalue weighted by atomic mass is 31.2. The van der Waals surface area contributed by atoms with Crippen LogP contribution >= 0.6 is 7.82 Å². The Kier molecular flexibility index (Phi) is 14.7. The van der Waals surface area contributed by atoms with Crippen LogP contribution in [0.2, 0.25) is 0 Å². The standard InChI is InChI=1S/C16H35O5P/c1-3-16(2)15-20-13-11-9-7-5-4-6-8-10-12-14-21-22(17,18)19/h16H,3-15H2,1-2H3,(H2,17,18,19). The van der Waals surface area contributed by atoms with E-state index in [4.69, 9.17) is 14.5 Å². The van der Waals surface area contributed by atoms with Crippen LogP contribution < -0.4 is 0 Å². The summed E-state index contributed by atoms with van der Waals surface area (Å²) in [4.78, 5) is 17.0. The fourth-order valence-electron chi connectivity index (χ4n) is 2.13. The molecule has 1 atom stereocenters. The number of hydrogen-bond acceptors (Lipinski definition) is 3. The van der Waals surface area contributed by atoms with Crippen LogP contribution in [0.4, 0.5) is 0 Å². The van der Waals surface area contributed by atoms with Gasteiger partial charge >= 0.3 is 7.82 Å². The fourth-order valence-corrected chi connectivity index (χ4v) is 2.50. The van der Waals surface area contributed by atoms with Crippen molar-refractivity contribution < 1.29 is 23.6 Å². The topological polar surface area (TPSA) is 76.0 Å². The fraction of sp³-hybridized carbons (Fsp3) is 1.00. The van der Waals surface area contributed by atoms with Crippen LogP contribution in [0.5, 0.6) is 0 Å². The number of rotatable bonds is 16. The number of ether oxygens (including phenoxy) is 1. The van der Waals surface area contributed by atoms with Crippen molar-refractivity contribution in [2.45, 2.75) is 78.1 Å². The van der Waals surface area contributed by atoms with E-state index in [0.29, 0.717) is 5.92 Å². The highest BCUT2D eigenvalue weighted by molar-refractivity contribution is 7.46. The van der Waals surface area contributed by atoms with Gasteiger partial charge in [0.15, 0.2) is 0 Å². The average molecular weight is 338 g/mol. The molecule has 0 heterocycles. The van der Waals surface area contributed by atoms with Gasteiger partial charge in [-0.15, -0.1) is 0 Å². The minimum absolute atomic E-state index is 0.154. The molecule has 0 bridgehead atoms. The summed E-state index contributed by atoms with van der Waals surface area (Å²) >= 11 is 0. The summed E-state index contributed by atoms with van der Waals surface area (Å²) in [6, 6.07) is 0. The predicted octanol–water partition coefficient (Wildman–Crippen LogP) is 4.67. The molecule has 0 aromatic rings. The summed E-state index contributed by atoms with van der Waals surface area (Å²) in [6.45, 7) is 6.35. The third kappa shape index (κ3) is 18.1. The van der Waals surface area contributed by atoms with Gasteiger partial charge in [0.2, 0.25) is 0 Å². The molecule has 0 aromatic heterocycles. The minimum Gasteiger partial charge on any atom is -0.381 e. The summed E-state index contributed by atoms with van der Waals surface area (Å²) in [7, 11) is -4.27. The molecule has 0 aliphatic rings. The maximum absolute atomic E-state index is 10.4. The molecule has 0 aliphatic carbocycles. The first kappa shape index (κ1) is 22.1. The molecule has 0 saturated heterocycles. The van der Waals surface area contributed by atoms with Crippen LogP contribution in [0, 0.1) is 5.92 Å². The maximum atomic E-state index is 10.4. The van der Waals surface area contributed by atoms with Gasteiger partial charge in [0.1, 0.15) is 0 Å². The lowest BCUT2D eigenvalue weighted by Crippen LogP contribution is -2.05. The molecule has 0 aliphatic heterocycles. The molecular formula is C16H35O5P. The second-order valence-corrected chi connectivity index (χ2v) is 7.33. The van der Waals surface area contributed by atoms with Gasteiger partial charge in [-0.25, -0.2) is 4.57 Å². The second-order valence-electron chi connectivity index (χ2n) is 6.09. The van der Waals surface area contributed by atoms with Gasteiger partial charge in [-0.2, -0.15) is 0 Å². The molecule has 6 heteroatoms. The van der Waals surface area contributed by atoms with Crippen LogP contribution in [0.3, 0.4) is 0 Å². The SMILES string of the molecule is CCC(C)COCCCCCCCCCCCOP(=O)(O)O. The quantitative estimate of drug-likeness (QED) is 0.316. The highest BCUT2D eigenvalue weighted by Crippen LogP contribution is 2.35. The summed E-state index contributed by atoms with van der Waals surface area (Å²) in [5, 5.41) is 0. The zero-order valence-electron chi connectivity index (χ0n) is 14.3. The highest BCUT2D eigenvalue weighted by Gasteiger charge is 2.12. The van der Waals surface area contributed by atoms with Crippen LogP contribution in [-0.4, -0.2) is 29.6 Å². The first-order chi connectivity index (χ1) is 10.5. The Morgan fingerprint density at radius 1 is 0.864 bits per heavy atom. The molecule has 0 aromatic carbocycles. The normalized spacial score (nSPS) is 13.5. The van der Waals surface area contributed by atoms with Crippen LogP contribution in [0.25, 0.3) is 0 Å². The smallest absolute Gasteiger partial charge is 0.381 e. The van der Waals surface area contributed by atoms with Gasteiger partial charge < -0.3 is 14.5 Å². The van der Waals surface area contributed by atoms with Crippen LogP contribution in [0.1, 0.15) is 78.1 Å². The van der Waals surface area contributed by atoms with E-state index in [9.17, 15) is 4.57 Å². The first-order valence-electron chi connectivity index (χ1n) is 8.73.